The number of allylic oxidation sites excluding steroid dienone is 2. The third kappa shape index (κ3) is 8.05. The van der Waals surface area contributed by atoms with Crippen LogP contribution in [0.1, 0.15) is 47.5 Å². The van der Waals surface area contributed by atoms with Gasteiger partial charge >= 0.3 is 0 Å². The Morgan fingerprint density at radius 2 is 1.70 bits per heavy atom. The molecule has 1 N–H and O–H groups in total. The van der Waals surface area contributed by atoms with Crippen LogP contribution in [0, 0.1) is 5.92 Å². The minimum Gasteiger partial charge on any atom is -0.317 e. The van der Waals surface area contributed by atoms with Crippen molar-refractivity contribution in [3.63, 3.8) is 0 Å². The zero-order chi connectivity index (χ0) is 15.8. The fourth-order valence-corrected chi connectivity index (χ4v) is 1.98. The Hall–Kier alpha value is -1.22. The van der Waals surface area contributed by atoms with Crippen LogP contribution in [-0.2, 0) is 0 Å². The molecule has 0 aromatic carbocycles. The molecular formula is C17H33N3. The molecule has 0 saturated carbocycles. The second kappa shape index (κ2) is 15.8. The Kier molecular flexibility index (Phi) is 16.7. The van der Waals surface area contributed by atoms with Gasteiger partial charge in [0.15, 0.2) is 0 Å². The molecule has 1 rings (SSSR count). The molecule has 0 spiro atoms. The molecular weight excluding hydrogens is 246 g/mol. The van der Waals surface area contributed by atoms with Gasteiger partial charge in [0.1, 0.15) is 0 Å². The van der Waals surface area contributed by atoms with Crippen LogP contribution >= 0.6 is 0 Å². The summed E-state index contributed by atoms with van der Waals surface area (Å²) in [5.74, 6) is 0.522. The highest BCUT2D eigenvalue weighted by atomic mass is 14.9. The summed E-state index contributed by atoms with van der Waals surface area (Å²) in [4.78, 5) is 8.76. The van der Waals surface area contributed by atoms with Gasteiger partial charge < -0.3 is 5.32 Å². The Labute approximate surface area is 126 Å². The van der Waals surface area contributed by atoms with Crippen molar-refractivity contribution in [3.05, 3.63) is 24.9 Å². The van der Waals surface area contributed by atoms with Gasteiger partial charge in [-0.25, -0.2) is 0 Å². The van der Waals surface area contributed by atoms with Crippen molar-refractivity contribution in [3.8, 4) is 0 Å². The molecule has 0 aromatic rings. The van der Waals surface area contributed by atoms with Gasteiger partial charge in [-0.1, -0.05) is 40.3 Å². The Balaban J connectivity index is 0. The van der Waals surface area contributed by atoms with E-state index >= 15 is 0 Å². The first-order valence-corrected chi connectivity index (χ1v) is 7.82. The van der Waals surface area contributed by atoms with Gasteiger partial charge in [-0.3, -0.25) is 9.98 Å². The van der Waals surface area contributed by atoms with Gasteiger partial charge in [0.05, 0.1) is 11.4 Å². The molecule has 1 aliphatic heterocycles. The van der Waals surface area contributed by atoms with Gasteiger partial charge in [-0.05, 0) is 38.9 Å². The highest BCUT2D eigenvalue weighted by molar-refractivity contribution is 6.47. The lowest BCUT2D eigenvalue weighted by Gasteiger charge is -2.24. The van der Waals surface area contributed by atoms with E-state index in [-0.39, 0.29) is 0 Å². The van der Waals surface area contributed by atoms with E-state index in [1.165, 1.54) is 0 Å². The maximum atomic E-state index is 4.39. The molecule has 0 bridgehead atoms. The summed E-state index contributed by atoms with van der Waals surface area (Å²) in [7, 11) is 1.84. The SMILES string of the molecule is C=CC(=N/C=C\C)C(=NC)C1CCNCC1.CC.CC. The second-order valence-corrected chi connectivity index (χ2v) is 3.83. The van der Waals surface area contributed by atoms with Crippen molar-refractivity contribution in [1.82, 2.24) is 5.32 Å². The highest BCUT2D eigenvalue weighted by Crippen LogP contribution is 2.15. The first kappa shape index (κ1) is 21.1. The van der Waals surface area contributed by atoms with Crippen molar-refractivity contribution in [2.45, 2.75) is 47.5 Å². The summed E-state index contributed by atoms with van der Waals surface area (Å²) in [5, 5.41) is 3.36. The lowest BCUT2D eigenvalue weighted by molar-refractivity contribution is 0.459. The van der Waals surface area contributed by atoms with E-state index in [1.54, 1.807) is 12.3 Å². The molecule has 1 fully saturated rings. The number of aliphatic imine (C=N–C) groups is 2. The predicted molar refractivity (Wildman–Crippen MR) is 94.1 cm³/mol. The molecule has 1 heterocycles. The molecule has 1 aliphatic rings. The van der Waals surface area contributed by atoms with E-state index in [2.05, 4.69) is 21.9 Å². The average Bonchev–Trinajstić information content (AvgIpc) is 2.56. The number of hydrogen-bond acceptors (Lipinski definition) is 3. The van der Waals surface area contributed by atoms with E-state index in [4.69, 9.17) is 0 Å². The highest BCUT2D eigenvalue weighted by Gasteiger charge is 2.20. The van der Waals surface area contributed by atoms with Gasteiger partial charge in [-0.15, -0.1) is 0 Å². The van der Waals surface area contributed by atoms with Crippen molar-refractivity contribution in [2.24, 2.45) is 15.9 Å². The van der Waals surface area contributed by atoms with Crippen LogP contribution in [0.3, 0.4) is 0 Å². The second-order valence-electron chi connectivity index (χ2n) is 3.83. The maximum Gasteiger partial charge on any atom is 0.0836 e. The fourth-order valence-electron chi connectivity index (χ4n) is 1.98. The molecule has 0 unspecified atom stereocenters. The van der Waals surface area contributed by atoms with Gasteiger partial charge in [0, 0.05) is 19.2 Å². The molecule has 0 aliphatic carbocycles. The third-order valence-corrected chi connectivity index (χ3v) is 2.79. The molecule has 0 aromatic heterocycles. The van der Waals surface area contributed by atoms with Gasteiger partial charge in [-0.2, -0.15) is 0 Å². The number of hydrogen-bond donors (Lipinski definition) is 1. The quantitative estimate of drug-likeness (QED) is 0.767. The Morgan fingerprint density at radius 1 is 1.15 bits per heavy atom. The standard InChI is InChI=1S/C13H21N3.2C2H6/c1-4-8-16-12(5-2)13(14-3)11-6-9-15-10-7-11;2*1-2/h4-5,8,11,15H,2,6-7,9-10H2,1,3H3;2*1-2H3/b8-4-,14-13?,16-12?;;. The largest absolute Gasteiger partial charge is 0.317 e. The molecule has 0 amide bonds. The minimum absolute atomic E-state index is 0.522. The average molecular weight is 279 g/mol. The Bertz CT molecular complexity index is 308. The smallest absolute Gasteiger partial charge is 0.0836 e. The monoisotopic (exact) mass is 279 g/mol. The van der Waals surface area contributed by atoms with Crippen molar-refractivity contribution in [2.75, 3.05) is 20.1 Å². The summed E-state index contributed by atoms with van der Waals surface area (Å²) >= 11 is 0. The van der Waals surface area contributed by atoms with E-state index in [1.807, 2.05) is 47.7 Å². The van der Waals surface area contributed by atoms with Crippen LogP contribution in [0.5, 0.6) is 0 Å². The number of nitrogens with one attached hydrogen (secondary N) is 1. The molecule has 1 saturated heterocycles. The van der Waals surface area contributed by atoms with Crippen LogP contribution in [0.2, 0.25) is 0 Å². The minimum atomic E-state index is 0.522. The normalized spacial score (nSPS) is 16.9. The van der Waals surface area contributed by atoms with Crippen molar-refractivity contribution >= 4 is 11.4 Å². The maximum absolute atomic E-state index is 4.39. The number of nitrogens with zero attached hydrogens (tertiary/aromatic N) is 2. The first-order chi connectivity index (χ1) is 9.83. The number of rotatable bonds is 4. The van der Waals surface area contributed by atoms with E-state index in [0.717, 1.165) is 37.4 Å². The van der Waals surface area contributed by atoms with Crippen LogP contribution in [0.25, 0.3) is 0 Å². The van der Waals surface area contributed by atoms with Gasteiger partial charge in [0.25, 0.3) is 0 Å². The lowest BCUT2D eigenvalue weighted by Crippen LogP contribution is -2.34. The summed E-state index contributed by atoms with van der Waals surface area (Å²) in [6.07, 6.45) is 7.78. The summed E-state index contributed by atoms with van der Waals surface area (Å²) in [5.41, 5.74) is 2.00. The van der Waals surface area contributed by atoms with Crippen LogP contribution in [0.4, 0.5) is 0 Å². The topological polar surface area (TPSA) is 36.8 Å². The van der Waals surface area contributed by atoms with E-state index in [9.17, 15) is 0 Å². The zero-order valence-corrected chi connectivity index (χ0v) is 14.2. The molecule has 116 valence electrons. The van der Waals surface area contributed by atoms with Crippen LogP contribution in [0.15, 0.2) is 34.9 Å². The summed E-state index contributed by atoms with van der Waals surface area (Å²) < 4.78 is 0. The van der Waals surface area contributed by atoms with Gasteiger partial charge in [0.2, 0.25) is 0 Å². The first-order valence-electron chi connectivity index (χ1n) is 7.82. The molecule has 3 heteroatoms. The van der Waals surface area contributed by atoms with E-state index in [0.29, 0.717) is 5.92 Å². The third-order valence-electron chi connectivity index (χ3n) is 2.79. The van der Waals surface area contributed by atoms with Crippen molar-refractivity contribution in [1.29, 1.82) is 0 Å². The molecule has 0 radical (unpaired) electrons. The van der Waals surface area contributed by atoms with E-state index < -0.39 is 0 Å². The Morgan fingerprint density at radius 3 is 2.10 bits per heavy atom. The van der Waals surface area contributed by atoms with Crippen molar-refractivity contribution < 1.29 is 0 Å². The predicted octanol–water partition coefficient (Wildman–Crippen LogP) is 4.27. The molecule has 3 nitrogen and oxygen atoms in total. The number of piperidine rings is 1. The summed E-state index contributed by atoms with van der Waals surface area (Å²) in [6.45, 7) is 15.9. The molecule has 0 atom stereocenters. The summed E-state index contributed by atoms with van der Waals surface area (Å²) in [6, 6.07) is 0. The lowest BCUT2D eigenvalue weighted by atomic mass is 9.90. The molecule has 20 heavy (non-hydrogen) atoms. The fraction of sp³-hybridized carbons (Fsp3) is 0.647. The zero-order valence-electron chi connectivity index (χ0n) is 14.2. The van der Waals surface area contributed by atoms with Crippen LogP contribution < -0.4 is 5.32 Å². The van der Waals surface area contributed by atoms with Crippen LogP contribution in [-0.4, -0.2) is 31.6 Å².